The fraction of sp³-hybridized carbons (Fsp3) is 0.556. The van der Waals surface area contributed by atoms with Crippen LogP contribution >= 0.6 is 0 Å². The Hall–Kier alpha value is 0.194. The maximum absolute atomic E-state index is 2.35. The van der Waals surface area contributed by atoms with Crippen molar-refractivity contribution >= 4 is 0 Å². The Morgan fingerprint density at radius 1 is 1.40 bits per heavy atom. The molecule has 2 rings (SSSR count). The van der Waals surface area contributed by atoms with E-state index in [2.05, 4.69) is 38.7 Å². The van der Waals surface area contributed by atoms with E-state index in [0.29, 0.717) is 0 Å². The summed E-state index contributed by atoms with van der Waals surface area (Å²) in [5, 5.41) is 0. The van der Waals surface area contributed by atoms with Gasteiger partial charge < -0.3 is 0 Å². The zero-order chi connectivity index (χ0) is 6.97. The quantitative estimate of drug-likeness (QED) is 0.486. The molecule has 0 aromatic heterocycles. The molecular weight excluding hydrogens is 156 g/mol. The average Bonchev–Trinajstić information content (AvgIpc) is 2.34. The zero-order valence-electron chi connectivity index (χ0n) is 6.01. The summed E-state index contributed by atoms with van der Waals surface area (Å²) in [5.74, 6) is 0.917. The molecular formula is C9H11Ti. The molecule has 2 unspecified atom stereocenters. The molecule has 0 bridgehead atoms. The molecule has 0 aromatic rings. The Bertz CT molecular complexity index is 191. The van der Waals surface area contributed by atoms with Gasteiger partial charge in [-0.2, -0.15) is 0 Å². The summed E-state index contributed by atoms with van der Waals surface area (Å²) in [6.07, 6.45) is 11.0. The SMILES string of the molecule is [Ti][CH]1CCC2CC=CC=C12. The van der Waals surface area contributed by atoms with Crippen LogP contribution in [-0.2, 0) is 20.4 Å². The van der Waals surface area contributed by atoms with Crippen LogP contribution in [0.3, 0.4) is 0 Å². The van der Waals surface area contributed by atoms with Gasteiger partial charge in [0.15, 0.2) is 0 Å². The van der Waals surface area contributed by atoms with Gasteiger partial charge in [0, 0.05) is 0 Å². The van der Waals surface area contributed by atoms with E-state index >= 15 is 0 Å². The zero-order valence-corrected chi connectivity index (χ0v) is 7.57. The second-order valence-electron chi connectivity index (χ2n) is 3.16. The van der Waals surface area contributed by atoms with E-state index in [4.69, 9.17) is 0 Å². The van der Waals surface area contributed by atoms with Crippen LogP contribution in [0.2, 0.25) is 4.22 Å². The van der Waals surface area contributed by atoms with Gasteiger partial charge in [-0.05, 0) is 0 Å². The van der Waals surface area contributed by atoms with Gasteiger partial charge in [-0.1, -0.05) is 0 Å². The van der Waals surface area contributed by atoms with Crippen molar-refractivity contribution in [3.63, 3.8) is 0 Å². The summed E-state index contributed by atoms with van der Waals surface area (Å²) in [4.78, 5) is 0. The molecule has 1 heteroatoms. The third-order valence-corrected chi connectivity index (χ3v) is 3.49. The van der Waals surface area contributed by atoms with Crippen molar-refractivity contribution in [1.82, 2.24) is 0 Å². The monoisotopic (exact) mass is 167 g/mol. The van der Waals surface area contributed by atoms with Crippen LogP contribution in [0.1, 0.15) is 19.3 Å². The summed E-state index contributed by atoms with van der Waals surface area (Å²) in [6.45, 7) is 0. The van der Waals surface area contributed by atoms with Crippen LogP contribution in [-0.4, -0.2) is 0 Å². The van der Waals surface area contributed by atoms with E-state index in [-0.39, 0.29) is 0 Å². The van der Waals surface area contributed by atoms with Crippen molar-refractivity contribution in [3.05, 3.63) is 23.8 Å². The van der Waals surface area contributed by atoms with Gasteiger partial charge >= 0.3 is 73.6 Å². The first kappa shape index (κ1) is 6.88. The third-order valence-electron chi connectivity index (χ3n) is 2.52. The Labute approximate surface area is 73.8 Å². The molecule has 0 radical (unpaired) electrons. The second-order valence-corrected chi connectivity index (χ2v) is 4.25. The van der Waals surface area contributed by atoms with E-state index in [1.807, 2.05) is 0 Å². The standard InChI is InChI=1S/C9H11.Ti/c1-2-5-9-7-3-6-8(9)4-1;/h1-2,4,6,9H,3,5,7H2;. The normalized spacial score (nSPS) is 37.3. The van der Waals surface area contributed by atoms with E-state index in [1.165, 1.54) is 19.3 Å². The molecule has 0 amide bonds. The van der Waals surface area contributed by atoms with Crippen molar-refractivity contribution in [3.8, 4) is 0 Å². The van der Waals surface area contributed by atoms with E-state index in [0.717, 1.165) is 10.1 Å². The first-order valence-electron chi connectivity index (χ1n) is 3.95. The van der Waals surface area contributed by atoms with Crippen LogP contribution in [0.15, 0.2) is 23.8 Å². The van der Waals surface area contributed by atoms with Crippen molar-refractivity contribution in [2.75, 3.05) is 0 Å². The van der Waals surface area contributed by atoms with Crippen molar-refractivity contribution in [2.45, 2.75) is 23.5 Å². The van der Waals surface area contributed by atoms with Crippen LogP contribution in [0, 0.1) is 5.92 Å². The van der Waals surface area contributed by atoms with Gasteiger partial charge in [0.05, 0.1) is 0 Å². The van der Waals surface area contributed by atoms with Gasteiger partial charge in [-0.25, -0.2) is 0 Å². The van der Waals surface area contributed by atoms with Crippen molar-refractivity contribution in [2.24, 2.45) is 5.92 Å². The van der Waals surface area contributed by atoms with Gasteiger partial charge in [-0.3, -0.25) is 0 Å². The first-order chi connectivity index (χ1) is 4.88. The third kappa shape index (κ3) is 1.04. The minimum atomic E-state index is 0.870. The molecule has 0 aromatic carbocycles. The number of hydrogen-bond donors (Lipinski definition) is 0. The summed E-state index contributed by atoms with van der Waals surface area (Å²) in [7, 11) is 0. The molecule has 0 spiro atoms. The second kappa shape index (κ2) is 2.67. The molecule has 10 heavy (non-hydrogen) atoms. The molecule has 0 nitrogen and oxygen atoms in total. The Morgan fingerprint density at radius 2 is 2.30 bits per heavy atom. The van der Waals surface area contributed by atoms with E-state index < -0.39 is 0 Å². The molecule has 51 valence electrons. The molecule has 0 saturated heterocycles. The summed E-state index contributed by atoms with van der Waals surface area (Å²) >= 11 is 2.35. The number of allylic oxidation sites excluding steroid dienone is 4. The van der Waals surface area contributed by atoms with Crippen LogP contribution < -0.4 is 0 Å². The summed E-state index contributed by atoms with van der Waals surface area (Å²) in [6, 6.07) is 0. The van der Waals surface area contributed by atoms with Crippen molar-refractivity contribution < 1.29 is 20.4 Å². The van der Waals surface area contributed by atoms with Crippen LogP contribution in [0.25, 0.3) is 0 Å². The van der Waals surface area contributed by atoms with Crippen LogP contribution in [0.5, 0.6) is 0 Å². The molecule has 2 atom stereocenters. The Morgan fingerprint density at radius 3 is 3.10 bits per heavy atom. The number of hydrogen-bond acceptors (Lipinski definition) is 0. The van der Waals surface area contributed by atoms with E-state index in [9.17, 15) is 0 Å². The minimum absolute atomic E-state index is 0.870. The molecule has 2 aliphatic carbocycles. The van der Waals surface area contributed by atoms with Crippen LogP contribution in [0.4, 0.5) is 0 Å². The molecule has 0 heterocycles. The first-order valence-corrected chi connectivity index (χ1v) is 4.86. The van der Waals surface area contributed by atoms with Gasteiger partial charge in [-0.15, -0.1) is 0 Å². The fourth-order valence-corrected chi connectivity index (χ4v) is 2.69. The predicted molar refractivity (Wildman–Crippen MR) is 38.3 cm³/mol. The molecule has 0 aliphatic heterocycles. The predicted octanol–water partition coefficient (Wildman–Crippen LogP) is 2.62. The molecule has 1 saturated carbocycles. The molecule has 1 fully saturated rings. The van der Waals surface area contributed by atoms with Gasteiger partial charge in [0.25, 0.3) is 0 Å². The van der Waals surface area contributed by atoms with Crippen molar-refractivity contribution in [1.29, 1.82) is 0 Å². The van der Waals surface area contributed by atoms with Gasteiger partial charge in [0.1, 0.15) is 0 Å². The fourth-order valence-electron chi connectivity index (χ4n) is 1.91. The Balaban J connectivity index is 2.25. The summed E-state index contributed by atoms with van der Waals surface area (Å²) < 4.78 is 0.870. The average molecular weight is 167 g/mol. The number of fused-ring (bicyclic) bond motifs is 1. The molecule has 2 aliphatic rings. The summed E-state index contributed by atoms with van der Waals surface area (Å²) in [5.41, 5.74) is 1.71. The topological polar surface area (TPSA) is 0 Å². The van der Waals surface area contributed by atoms with E-state index in [1.54, 1.807) is 5.57 Å². The molecule has 0 N–H and O–H groups in total. The Kier molecular flexibility index (Phi) is 1.84. The maximum atomic E-state index is 2.35. The van der Waals surface area contributed by atoms with Gasteiger partial charge in [0.2, 0.25) is 0 Å². The number of rotatable bonds is 0.